The van der Waals surface area contributed by atoms with Crippen molar-refractivity contribution in [1.82, 2.24) is 0 Å². The Labute approximate surface area is 216 Å². The molecule has 200 valence electrons. The fourth-order valence-electron chi connectivity index (χ4n) is 4.90. The lowest BCUT2D eigenvalue weighted by Gasteiger charge is -2.11. The van der Waals surface area contributed by atoms with Gasteiger partial charge in [0.25, 0.3) is 0 Å². The van der Waals surface area contributed by atoms with Gasteiger partial charge in [-0.15, -0.1) is 0 Å². The van der Waals surface area contributed by atoms with E-state index < -0.39 is 7.38 Å². The average molecular weight is 503 g/mol. The molecule has 0 spiro atoms. The van der Waals surface area contributed by atoms with Crippen LogP contribution in [0.1, 0.15) is 167 Å². The molecule has 0 aromatic carbocycles. The summed E-state index contributed by atoms with van der Waals surface area (Å²) in [5, 5.41) is 8.77. The highest BCUT2D eigenvalue weighted by Gasteiger charge is 2.15. The molecule has 0 heterocycles. The molecule has 0 aliphatic heterocycles. The van der Waals surface area contributed by atoms with E-state index in [0.29, 0.717) is 6.61 Å². The second kappa shape index (κ2) is 27.1. The Balaban J connectivity index is 3.03. The summed E-state index contributed by atoms with van der Waals surface area (Å²) in [6, 6.07) is 1.29. The number of aliphatic hydroxyl groups excluding tert-OH is 1. The van der Waals surface area contributed by atoms with E-state index in [1.54, 1.807) is 0 Å². The molecule has 3 heteroatoms. The van der Waals surface area contributed by atoms with E-state index in [1.165, 1.54) is 167 Å². The molecule has 0 radical (unpaired) electrons. The minimum atomic E-state index is -1.31. The number of hydrogen-bond acceptors (Lipinski definition) is 1. The molecule has 0 saturated carbocycles. The third kappa shape index (κ3) is 32.5. The van der Waals surface area contributed by atoms with Crippen molar-refractivity contribution in [3.8, 4) is 0 Å². The van der Waals surface area contributed by atoms with E-state index in [2.05, 4.69) is 13.1 Å². The molecule has 0 unspecified atom stereocenters. The molecule has 0 aliphatic carbocycles. The Hall–Kier alpha value is 0.467. The predicted octanol–water partition coefficient (Wildman–Crippen LogP) is 11.6. The number of aliphatic hydroxyl groups is 1. The molecule has 0 rings (SSSR count). The molecule has 1 N–H and O–H groups in total. The summed E-state index contributed by atoms with van der Waals surface area (Å²) >= 11 is 6.38. The van der Waals surface area contributed by atoms with E-state index in [1.807, 2.05) is 0 Å². The van der Waals surface area contributed by atoms with Crippen LogP contribution in [0.4, 0.5) is 0 Å². The summed E-state index contributed by atoms with van der Waals surface area (Å²) in [6.45, 7) is 4.91. The molecule has 0 aromatic heterocycles. The van der Waals surface area contributed by atoms with Crippen molar-refractivity contribution >= 4 is 18.5 Å². The van der Waals surface area contributed by atoms with Crippen LogP contribution < -0.4 is 0 Å². The Bertz CT molecular complexity index is 356. The highest BCUT2D eigenvalue weighted by Crippen LogP contribution is 2.20. The van der Waals surface area contributed by atoms with Crippen molar-refractivity contribution in [1.29, 1.82) is 0 Å². The second-order valence-electron chi connectivity index (χ2n) is 11.4. The summed E-state index contributed by atoms with van der Waals surface area (Å²) in [5.41, 5.74) is 0. The van der Waals surface area contributed by atoms with Crippen molar-refractivity contribution in [3.63, 3.8) is 0 Å². The van der Waals surface area contributed by atoms with Gasteiger partial charge in [0.05, 0.1) is 0 Å². The molecule has 0 atom stereocenters. The van der Waals surface area contributed by atoms with E-state index in [9.17, 15) is 0 Å². The van der Waals surface area contributed by atoms with Crippen molar-refractivity contribution in [2.45, 2.75) is 186 Å². The number of halogens is 1. The highest BCUT2D eigenvalue weighted by atomic mass is 35.6. The van der Waals surface area contributed by atoms with E-state index in [4.69, 9.17) is 16.2 Å². The van der Waals surface area contributed by atoms with Crippen molar-refractivity contribution in [3.05, 3.63) is 0 Å². The molecular formula is C30H63ClOSi. The third-order valence-electron chi connectivity index (χ3n) is 7.18. The van der Waals surface area contributed by atoms with E-state index >= 15 is 0 Å². The van der Waals surface area contributed by atoms with E-state index in [0.717, 1.165) is 6.42 Å². The number of unbranched alkanes of at least 4 members (excludes halogenated alkanes) is 25. The Kier molecular flexibility index (Phi) is 27.4. The maximum Gasteiger partial charge on any atom is 0.150 e. The van der Waals surface area contributed by atoms with Gasteiger partial charge in [0.1, 0.15) is 7.38 Å². The van der Waals surface area contributed by atoms with Gasteiger partial charge in [0, 0.05) is 6.61 Å². The van der Waals surface area contributed by atoms with Gasteiger partial charge in [0.15, 0.2) is 0 Å². The zero-order valence-electron chi connectivity index (χ0n) is 23.1. The molecule has 0 saturated heterocycles. The van der Waals surface area contributed by atoms with Gasteiger partial charge < -0.3 is 5.11 Å². The first kappa shape index (κ1) is 33.5. The van der Waals surface area contributed by atoms with Crippen LogP contribution in [0.25, 0.3) is 0 Å². The first-order valence-electron chi connectivity index (χ1n) is 15.4. The minimum Gasteiger partial charge on any atom is -0.396 e. The maximum atomic E-state index is 8.77. The van der Waals surface area contributed by atoms with Crippen LogP contribution in [0.3, 0.4) is 0 Å². The molecule has 0 amide bonds. The molecule has 0 bridgehead atoms. The van der Waals surface area contributed by atoms with Crippen LogP contribution in [0.15, 0.2) is 0 Å². The van der Waals surface area contributed by atoms with Gasteiger partial charge in [-0.3, -0.25) is 0 Å². The van der Waals surface area contributed by atoms with Crippen LogP contribution in [0.5, 0.6) is 0 Å². The van der Waals surface area contributed by atoms with Crippen LogP contribution in [0, 0.1) is 0 Å². The Morgan fingerprint density at radius 2 is 0.545 bits per heavy atom. The lowest BCUT2D eigenvalue weighted by atomic mass is 10.0. The van der Waals surface area contributed by atoms with Crippen LogP contribution in [0.2, 0.25) is 19.1 Å². The third-order valence-corrected chi connectivity index (χ3v) is 9.29. The monoisotopic (exact) mass is 502 g/mol. The maximum absolute atomic E-state index is 8.77. The quantitative estimate of drug-likeness (QED) is 0.0640. The smallest absolute Gasteiger partial charge is 0.150 e. The highest BCUT2D eigenvalue weighted by molar-refractivity contribution is 7.19. The molecular weight excluding hydrogens is 440 g/mol. The number of hydrogen-bond donors (Lipinski definition) is 1. The predicted molar refractivity (Wildman–Crippen MR) is 155 cm³/mol. The fraction of sp³-hybridized carbons (Fsp3) is 1.00. The molecule has 0 fully saturated rings. The topological polar surface area (TPSA) is 20.2 Å². The van der Waals surface area contributed by atoms with Gasteiger partial charge in [0.2, 0.25) is 0 Å². The molecule has 0 aromatic rings. The first-order valence-corrected chi connectivity index (χ1v) is 19.6. The SMILES string of the molecule is C[Si](C)(Cl)CCCCCCCCCCCCCCCCCCCCCCCCCCCCO. The van der Waals surface area contributed by atoms with Gasteiger partial charge in [-0.2, -0.15) is 11.1 Å². The summed E-state index contributed by atoms with van der Waals surface area (Å²) in [5.74, 6) is 0. The van der Waals surface area contributed by atoms with Gasteiger partial charge in [-0.05, 0) is 12.5 Å². The van der Waals surface area contributed by atoms with Crippen molar-refractivity contribution in [2.24, 2.45) is 0 Å². The van der Waals surface area contributed by atoms with Crippen LogP contribution in [-0.2, 0) is 0 Å². The normalized spacial score (nSPS) is 12.0. The largest absolute Gasteiger partial charge is 0.396 e. The number of rotatable bonds is 28. The van der Waals surface area contributed by atoms with Crippen LogP contribution >= 0.6 is 11.1 Å². The Morgan fingerprint density at radius 1 is 0.364 bits per heavy atom. The van der Waals surface area contributed by atoms with Crippen molar-refractivity contribution < 1.29 is 5.11 Å². The summed E-state index contributed by atoms with van der Waals surface area (Å²) in [7, 11) is -1.31. The lowest BCUT2D eigenvalue weighted by Crippen LogP contribution is -2.14. The summed E-state index contributed by atoms with van der Waals surface area (Å²) in [6.07, 6.45) is 36.8. The summed E-state index contributed by atoms with van der Waals surface area (Å²) < 4.78 is 0. The van der Waals surface area contributed by atoms with Crippen molar-refractivity contribution in [2.75, 3.05) is 6.61 Å². The van der Waals surface area contributed by atoms with E-state index in [-0.39, 0.29) is 0 Å². The van der Waals surface area contributed by atoms with Crippen LogP contribution in [-0.4, -0.2) is 19.1 Å². The second-order valence-corrected chi connectivity index (χ2v) is 18.4. The molecule has 33 heavy (non-hydrogen) atoms. The first-order chi connectivity index (χ1) is 16.1. The Morgan fingerprint density at radius 3 is 0.727 bits per heavy atom. The zero-order valence-corrected chi connectivity index (χ0v) is 24.9. The van der Waals surface area contributed by atoms with Gasteiger partial charge in [-0.1, -0.05) is 174 Å². The average Bonchev–Trinajstić information content (AvgIpc) is 2.78. The zero-order chi connectivity index (χ0) is 24.3. The fourth-order valence-corrected chi connectivity index (χ4v) is 6.39. The summed E-state index contributed by atoms with van der Waals surface area (Å²) in [4.78, 5) is 0. The lowest BCUT2D eigenvalue weighted by molar-refractivity contribution is 0.282. The standard InChI is InChI=1S/C30H63ClOSi/c1-33(2,31)30-28-26-24-22-20-18-16-14-12-10-8-6-4-3-5-7-9-11-13-15-17-19-21-23-25-27-29-32/h32H,3-30H2,1-2H3. The molecule has 0 aliphatic rings. The van der Waals surface area contributed by atoms with Gasteiger partial charge in [-0.25, -0.2) is 0 Å². The molecule has 1 nitrogen and oxygen atoms in total. The minimum absolute atomic E-state index is 0.372. The van der Waals surface area contributed by atoms with Gasteiger partial charge >= 0.3 is 0 Å².